The number of rotatable bonds is 4. The molecule has 1 aromatic heterocycles. The van der Waals surface area contributed by atoms with Crippen LogP contribution in [-0.2, 0) is 16.6 Å². The van der Waals surface area contributed by atoms with Crippen molar-refractivity contribution in [3.8, 4) is 22.4 Å². The number of fused-ring (bicyclic) bond motifs is 3. The van der Waals surface area contributed by atoms with Gasteiger partial charge < -0.3 is 10.1 Å². The number of nitrogens with one attached hydrogen (secondary N) is 1. The number of H-pyrrole nitrogens is 1. The van der Waals surface area contributed by atoms with Gasteiger partial charge in [-0.2, -0.15) is 0 Å². The van der Waals surface area contributed by atoms with Gasteiger partial charge in [0, 0.05) is 16.7 Å². The first-order valence-electron chi connectivity index (χ1n) is 10.4. The number of aryl methyl sites for hydroxylation is 2. The topological polar surface area (TPSA) is 96.3 Å². The van der Waals surface area contributed by atoms with Crippen molar-refractivity contribution in [2.75, 3.05) is 4.31 Å². The molecule has 0 radical (unpaired) electrons. The molecule has 0 saturated heterocycles. The Hall–Kier alpha value is -3.91. The lowest BCUT2D eigenvalue weighted by Crippen LogP contribution is -2.33. The Balaban J connectivity index is 1.76. The average Bonchev–Trinajstić information content (AvgIpc) is 3.19. The Morgan fingerprint density at radius 2 is 1.52 bits per heavy atom. The average molecular weight is 460 g/mol. The first kappa shape index (κ1) is 21.0. The Morgan fingerprint density at radius 3 is 2.15 bits per heavy atom. The lowest BCUT2D eigenvalue weighted by atomic mass is 9.94. The fourth-order valence-electron chi connectivity index (χ4n) is 4.26. The summed E-state index contributed by atoms with van der Waals surface area (Å²) in [5, 5.41) is 12.0. The van der Waals surface area contributed by atoms with Crippen LogP contribution < -0.4 is 4.31 Å². The number of sulfonamides is 1. The maximum Gasteiger partial charge on any atom is 0.329 e. The summed E-state index contributed by atoms with van der Waals surface area (Å²) in [5.41, 5.74) is 5.27. The van der Waals surface area contributed by atoms with Gasteiger partial charge >= 0.3 is 5.82 Å². The zero-order valence-corrected chi connectivity index (χ0v) is 18.9. The summed E-state index contributed by atoms with van der Waals surface area (Å²) in [6.07, 6.45) is 0. The Morgan fingerprint density at radius 1 is 0.909 bits per heavy atom. The first-order chi connectivity index (χ1) is 15.8. The van der Waals surface area contributed by atoms with Gasteiger partial charge in [0.2, 0.25) is 0 Å². The number of nitrogens with zero attached hydrogens (tertiary/aromatic N) is 2. The lowest BCUT2D eigenvalue weighted by molar-refractivity contribution is -0.388. The van der Waals surface area contributed by atoms with Crippen LogP contribution in [0.1, 0.15) is 16.7 Å². The molecule has 1 aliphatic rings. The molecule has 0 fully saturated rings. The van der Waals surface area contributed by atoms with E-state index in [-0.39, 0.29) is 17.3 Å². The van der Waals surface area contributed by atoms with Gasteiger partial charge in [0.05, 0.1) is 22.7 Å². The molecular weight excluding hydrogens is 438 g/mol. The standard InChI is InChI=1S/C25H21N3O4S/c1-16-7-11-18(12-8-16)24-21-15-27(33(31,32)19-13-9-17(2)10-14-19)22-6-4-3-5-20(22)23(21)25(26-24)28(29)30/h3-14,26H,15H2,1-2H3. The predicted molar refractivity (Wildman–Crippen MR) is 128 cm³/mol. The minimum atomic E-state index is -3.90. The zero-order valence-electron chi connectivity index (χ0n) is 18.1. The normalized spacial score (nSPS) is 12.8. The number of nitro groups is 1. The van der Waals surface area contributed by atoms with Crippen molar-refractivity contribution < 1.29 is 13.3 Å². The molecule has 0 aliphatic carbocycles. The van der Waals surface area contributed by atoms with E-state index >= 15 is 0 Å². The number of aromatic amines is 1. The van der Waals surface area contributed by atoms with Crippen molar-refractivity contribution in [1.82, 2.24) is 4.98 Å². The van der Waals surface area contributed by atoms with Gasteiger partial charge in [-0.3, -0.25) is 4.31 Å². The molecule has 8 heteroatoms. The Bertz CT molecular complexity index is 1490. The van der Waals surface area contributed by atoms with E-state index in [1.807, 2.05) is 38.1 Å². The van der Waals surface area contributed by atoms with Crippen LogP contribution in [0, 0.1) is 24.0 Å². The summed E-state index contributed by atoms with van der Waals surface area (Å²) < 4.78 is 28.7. The summed E-state index contributed by atoms with van der Waals surface area (Å²) in [4.78, 5) is 14.7. The minimum absolute atomic E-state index is 0.0178. The number of para-hydroxylation sites is 1. The third-order valence-corrected chi connectivity index (χ3v) is 7.73. The van der Waals surface area contributed by atoms with Crippen molar-refractivity contribution in [2.45, 2.75) is 25.3 Å². The molecule has 1 aliphatic heterocycles. The lowest BCUT2D eigenvalue weighted by Gasteiger charge is -2.30. The molecular formula is C25H21N3O4S. The number of aromatic nitrogens is 1. The van der Waals surface area contributed by atoms with Gasteiger partial charge in [-0.25, -0.2) is 13.4 Å². The number of hydrogen-bond donors (Lipinski definition) is 1. The fraction of sp³-hybridized carbons (Fsp3) is 0.120. The highest BCUT2D eigenvalue weighted by Gasteiger charge is 2.38. The van der Waals surface area contributed by atoms with Crippen LogP contribution >= 0.6 is 0 Å². The molecule has 7 nitrogen and oxygen atoms in total. The number of hydrogen-bond acceptors (Lipinski definition) is 4. The van der Waals surface area contributed by atoms with Crippen molar-refractivity contribution in [2.24, 2.45) is 0 Å². The molecule has 3 aromatic carbocycles. The second-order valence-corrected chi connectivity index (χ2v) is 10.0. The van der Waals surface area contributed by atoms with E-state index in [9.17, 15) is 18.5 Å². The van der Waals surface area contributed by atoms with Crippen LogP contribution in [0.25, 0.3) is 22.4 Å². The summed E-state index contributed by atoms with van der Waals surface area (Å²) in [7, 11) is -3.90. The van der Waals surface area contributed by atoms with E-state index in [1.54, 1.807) is 48.5 Å². The third kappa shape index (κ3) is 3.39. The van der Waals surface area contributed by atoms with E-state index in [4.69, 9.17) is 0 Å². The minimum Gasteiger partial charge on any atom is -0.358 e. The molecule has 2 heterocycles. The summed E-state index contributed by atoms with van der Waals surface area (Å²) in [6, 6.07) is 21.2. The smallest absolute Gasteiger partial charge is 0.329 e. The van der Waals surface area contributed by atoms with Crippen LogP contribution in [0.4, 0.5) is 11.5 Å². The van der Waals surface area contributed by atoms with E-state index in [1.165, 1.54) is 4.31 Å². The molecule has 1 N–H and O–H groups in total. The van der Waals surface area contributed by atoms with Crippen molar-refractivity contribution in [3.05, 3.63) is 99.6 Å². The van der Waals surface area contributed by atoms with Gasteiger partial charge in [0.1, 0.15) is 5.69 Å². The molecule has 5 rings (SSSR count). The van der Waals surface area contributed by atoms with Gasteiger partial charge in [-0.15, -0.1) is 0 Å². The monoisotopic (exact) mass is 459 g/mol. The SMILES string of the molecule is Cc1ccc(-c2[nH]c([N+](=O)[O-])c3c2CN(S(=O)(=O)c2ccc(C)cc2)c2ccccc2-3)cc1. The third-order valence-electron chi connectivity index (χ3n) is 5.96. The maximum atomic E-state index is 13.7. The summed E-state index contributed by atoms with van der Waals surface area (Å²) in [5.74, 6) is -0.139. The van der Waals surface area contributed by atoms with Gasteiger partial charge in [0.15, 0.2) is 0 Å². The molecule has 0 atom stereocenters. The highest BCUT2D eigenvalue weighted by atomic mass is 32.2. The second kappa shape index (κ2) is 7.60. The van der Waals surface area contributed by atoms with E-state index in [0.717, 1.165) is 16.7 Å². The first-order valence-corrected chi connectivity index (χ1v) is 11.9. The second-order valence-electron chi connectivity index (χ2n) is 8.17. The summed E-state index contributed by atoms with van der Waals surface area (Å²) in [6.45, 7) is 3.84. The predicted octanol–water partition coefficient (Wildman–Crippen LogP) is 5.58. The van der Waals surface area contributed by atoms with Gasteiger partial charge in [0.25, 0.3) is 10.0 Å². The summed E-state index contributed by atoms with van der Waals surface area (Å²) >= 11 is 0. The molecule has 0 amide bonds. The molecule has 0 bridgehead atoms. The van der Waals surface area contributed by atoms with Crippen LogP contribution in [0.3, 0.4) is 0 Å². The maximum absolute atomic E-state index is 13.7. The largest absolute Gasteiger partial charge is 0.358 e. The van der Waals surface area contributed by atoms with Crippen LogP contribution in [0.5, 0.6) is 0 Å². The highest BCUT2D eigenvalue weighted by molar-refractivity contribution is 7.92. The quantitative estimate of drug-likeness (QED) is 0.318. The van der Waals surface area contributed by atoms with E-state index < -0.39 is 14.9 Å². The number of benzene rings is 3. The molecule has 4 aromatic rings. The van der Waals surface area contributed by atoms with Crippen LogP contribution in [0.15, 0.2) is 77.7 Å². The molecule has 0 unspecified atom stereocenters. The van der Waals surface area contributed by atoms with Crippen molar-refractivity contribution in [1.29, 1.82) is 0 Å². The fourth-order valence-corrected chi connectivity index (χ4v) is 5.71. The molecule has 0 spiro atoms. The van der Waals surface area contributed by atoms with Gasteiger partial charge in [-0.05, 0) is 37.0 Å². The Kier molecular flexibility index (Phi) is 4.83. The Labute approximate surface area is 191 Å². The molecule has 166 valence electrons. The van der Waals surface area contributed by atoms with E-state index in [2.05, 4.69) is 4.98 Å². The number of anilines is 1. The highest BCUT2D eigenvalue weighted by Crippen LogP contribution is 2.48. The van der Waals surface area contributed by atoms with Gasteiger partial charge in [-0.1, -0.05) is 65.7 Å². The van der Waals surface area contributed by atoms with E-state index in [0.29, 0.717) is 28.1 Å². The molecule has 33 heavy (non-hydrogen) atoms. The van der Waals surface area contributed by atoms with Crippen LogP contribution in [0.2, 0.25) is 0 Å². The van der Waals surface area contributed by atoms with Crippen molar-refractivity contribution in [3.63, 3.8) is 0 Å². The molecule has 0 saturated carbocycles. The van der Waals surface area contributed by atoms with Crippen LogP contribution in [-0.4, -0.2) is 18.3 Å². The zero-order chi connectivity index (χ0) is 23.3. The van der Waals surface area contributed by atoms with Crippen molar-refractivity contribution >= 4 is 21.5 Å².